The van der Waals surface area contributed by atoms with Crippen LogP contribution in [-0.4, -0.2) is 20.9 Å². The highest BCUT2D eigenvalue weighted by Crippen LogP contribution is 2.30. The summed E-state index contributed by atoms with van der Waals surface area (Å²) in [5.41, 5.74) is 2.25. The molecule has 0 amide bonds. The summed E-state index contributed by atoms with van der Waals surface area (Å²) in [5, 5.41) is 0. The average Bonchev–Trinajstić information content (AvgIpc) is 2.64. The van der Waals surface area contributed by atoms with Crippen molar-refractivity contribution in [1.29, 1.82) is 0 Å². The number of hydrogen-bond acceptors (Lipinski definition) is 2. The Morgan fingerprint density at radius 1 is 1.00 bits per heavy atom. The first-order valence-electron chi connectivity index (χ1n) is 5.91. The number of rotatable bonds is 1. The molecule has 1 unspecified atom stereocenters. The van der Waals surface area contributed by atoms with Gasteiger partial charge in [0.1, 0.15) is 9.98 Å². The molecular formula is C14H13NS2. The largest absolute Gasteiger partial charge is 0.319 e. The van der Waals surface area contributed by atoms with Crippen LogP contribution in [0, 0.1) is 0 Å². The van der Waals surface area contributed by atoms with Crippen molar-refractivity contribution in [3.05, 3.63) is 47.5 Å². The lowest BCUT2D eigenvalue weighted by Gasteiger charge is -2.30. The molecule has 1 heterocycles. The molecule has 86 valence electrons. The van der Waals surface area contributed by atoms with E-state index in [1.807, 2.05) is 12.1 Å². The van der Waals surface area contributed by atoms with E-state index >= 15 is 0 Å². The first kappa shape index (κ1) is 11.1. The minimum absolute atomic E-state index is 0.451. The monoisotopic (exact) mass is 259 g/mol. The molecule has 0 radical (unpaired) electrons. The zero-order valence-electron chi connectivity index (χ0n) is 9.43. The lowest BCUT2D eigenvalue weighted by molar-refractivity contribution is 0.416. The highest BCUT2D eigenvalue weighted by atomic mass is 32.1. The van der Waals surface area contributed by atoms with Gasteiger partial charge < -0.3 is 4.90 Å². The minimum atomic E-state index is 0.451. The fraction of sp³-hybridized carbons (Fsp3) is 0.286. The molecule has 17 heavy (non-hydrogen) atoms. The molecule has 0 saturated heterocycles. The zero-order valence-corrected chi connectivity index (χ0v) is 11.1. The van der Waals surface area contributed by atoms with E-state index < -0.39 is 0 Å². The lowest BCUT2D eigenvalue weighted by Crippen LogP contribution is -2.39. The number of benzene rings is 1. The second-order valence-corrected chi connectivity index (χ2v) is 5.24. The predicted octanol–water partition coefficient (Wildman–Crippen LogP) is 3.46. The second kappa shape index (κ2) is 4.31. The molecular weight excluding hydrogens is 246 g/mol. The summed E-state index contributed by atoms with van der Waals surface area (Å²) < 4.78 is 0. The maximum Gasteiger partial charge on any atom is 0.115 e. The van der Waals surface area contributed by atoms with Gasteiger partial charge in [-0.1, -0.05) is 60.9 Å². The fourth-order valence-electron chi connectivity index (χ4n) is 2.55. The van der Waals surface area contributed by atoms with Crippen LogP contribution in [0.25, 0.3) is 0 Å². The Morgan fingerprint density at radius 2 is 1.65 bits per heavy atom. The maximum atomic E-state index is 5.57. The standard InChI is InChI=1S/C14H13NS2/c16-13-11-8-4-5-9-12(11)14(17)15(13)10-6-2-1-3-7-10/h1-2,4-5,8-10H,3,6-7H2. The van der Waals surface area contributed by atoms with Crippen molar-refractivity contribution in [2.45, 2.75) is 25.3 Å². The third-order valence-corrected chi connectivity index (χ3v) is 4.27. The van der Waals surface area contributed by atoms with Gasteiger partial charge in [-0.3, -0.25) is 0 Å². The third-order valence-electron chi connectivity index (χ3n) is 3.43. The Bertz CT molecular complexity index is 484. The lowest BCUT2D eigenvalue weighted by atomic mass is 10.0. The van der Waals surface area contributed by atoms with Crippen LogP contribution in [-0.2, 0) is 0 Å². The molecule has 1 aromatic rings. The predicted molar refractivity (Wildman–Crippen MR) is 78.5 cm³/mol. The first-order valence-corrected chi connectivity index (χ1v) is 6.72. The first-order chi connectivity index (χ1) is 8.29. The molecule has 0 fully saturated rings. The Hall–Kier alpha value is -1.06. The van der Waals surface area contributed by atoms with Crippen LogP contribution in [0.2, 0.25) is 0 Å². The summed E-state index contributed by atoms with van der Waals surface area (Å²) in [4.78, 5) is 4.00. The van der Waals surface area contributed by atoms with Gasteiger partial charge in [0.25, 0.3) is 0 Å². The molecule has 0 aromatic heterocycles. The molecule has 0 saturated carbocycles. The number of nitrogens with zero attached hydrogens (tertiary/aromatic N) is 1. The van der Waals surface area contributed by atoms with Crippen molar-refractivity contribution in [3.63, 3.8) is 0 Å². The highest BCUT2D eigenvalue weighted by molar-refractivity contribution is 7.82. The van der Waals surface area contributed by atoms with Crippen LogP contribution in [0.3, 0.4) is 0 Å². The van der Waals surface area contributed by atoms with Crippen molar-refractivity contribution < 1.29 is 0 Å². The van der Waals surface area contributed by atoms with Gasteiger partial charge in [-0.25, -0.2) is 0 Å². The quantitative estimate of drug-likeness (QED) is 0.561. The molecule has 1 aromatic carbocycles. The molecule has 1 aliphatic carbocycles. The molecule has 1 atom stereocenters. The zero-order chi connectivity index (χ0) is 11.8. The number of fused-ring (bicyclic) bond motifs is 1. The maximum absolute atomic E-state index is 5.57. The van der Waals surface area contributed by atoms with E-state index in [1.165, 1.54) is 0 Å². The van der Waals surface area contributed by atoms with E-state index in [0.717, 1.165) is 40.4 Å². The smallest absolute Gasteiger partial charge is 0.115 e. The van der Waals surface area contributed by atoms with Crippen LogP contribution in [0.1, 0.15) is 30.4 Å². The van der Waals surface area contributed by atoms with Gasteiger partial charge in [-0.2, -0.15) is 0 Å². The fourth-order valence-corrected chi connectivity index (χ4v) is 3.45. The Morgan fingerprint density at radius 3 is 2.18 bits per heavy atom. The topological polar surface area (TPSA) is 3.24 Å². The molecule has 2 aliphatic rings. The van der Waals surface area contributed by atoms with E-state index in [2.05, 4.69) is 29.2 Å². The third kappa shape index (κ3) is 1.74. The Kier molecular flexibility index (Phi) is 2.81. The van der Waals surface area contributed by atoms with Crippen molar-refractivity contribution >= 4 is 34.4 Å². The SMILES string of the molecule is S=C1c2ccccc2C(=S)N1C1CC=CCC1. The van der Waals surface area contributed by atoms with Gasteiger partial charge in [0.2, 0.25) is 0 Å². The summed E-state index contributed by atoms with van der Waals surface area (Å²) in [6.45, 7) is 0. The van der Waals surface area contributed by atoms with Crippen molar-refractivity contribution in [3.8, 4) is 0 Å². The van der Waals surface area contributed by atoms with Gasteiger partial charge in [0, 0.05) is 17.2 Å². The number of hydrogen-bond donors (Lipinski definition) is 0. The molecule has 0 spiro atoms. The molecule has 1 nitrogen and oxygen atoms in total. The van der Waals surface area contributed by atoms with E-state index in [4.69, 9.17) is 24.4 Å². The molecule has 1 aliphatic heterocycles. The Balaban J connectivity index is 1.97. The second-order valence-electron chi connectivity index (χ2n) is 4.46. The normalized spacial score (nSPS) is 23.1. The number of thiocarbonyl (C=S) groups is 2. The van der Waals surface area contributed by atoms with E-state index in [-0.39, 0.29) is 0 Å². The molecule has 3 rings (SSSR count). The van der Waals surface area contributed by atoms with Crippen molar-refractivity contribution in [2.24, 2.45) is 0 Å². The van der Waals surface area contributed by atoms with Gasteiger partial charge in [-0.15, -0.1) is 0 Å². The van der Waals surface area contributed by atoms with Gasteiger partial charge in [-0.05, 0) is 19.3 Å². The summed E-state index contributed by atoms with van der Waals surface area (Å²) in [5.74, 6) is 0. The van der Waals surface area contributed by atoms with E-state index in [1.54, 1.807) is 0 Å². The van der Waals surface area contributed by atoms with Gasteiger partial charge in [0.15, 0.2) is 0 Å². The van der Waals surface area contributed by atoms with Crippen molar-refractivity contribution in [2.75, 3.05) is 0 Å². The van der Waals surface area contributed by atoms with Crippen molar-refractivity contribution in [1.82, 2.24) is 4.90 Å². The summed E-state index contributed by atoms with van der Waals surface area (Å²) in [7, 11) is 0. The summed E-state index contributed by atoms with van der Waals surface area (Å²) in [6, 6.07) is 8.65. The van der Waals surface area contributed by atoms with Gasteiger partial charge in [0.05, 0.1) is 0 Å². The Labute approximate surface area is 112 Å². The highest BCUT2D eigenvalue weighted by Gasteiger charge is 2.33. The van der Waals surface area contributed by atoms with Crippen LogP contribution < -0.4 is 0 Å². The van der Waals surface area contributed by atoms with Crippen LogP contribution in [0.5, 0.6) is 0 Å². The summed E-state index contributed by atoms with van der Waals surface area (Å²) >= 11 is 11.1. The van der Waals surface area contributed by atoms with Crippen LogP contribution >= 0.6 is 24.4 Å². The van der Waals surface area contributed by atoms with E-state index in [0.29, 0.717) is 6.04 Å². The minimum Gasteiger partial charge on any atom is -0.319 e. The molecule has 0 N–H and O–H groups in total. The van der Waals surface area contributed by atoms with Crippen LogP contribution in [0.15, 0.2) is 36.4 Å². The van der Waals surface area contributed by atoms with Crippen LogP contribution in [0.4, 0.5) is 0 Å². The van der Waals surface area contributed by atoms with Gasteiger partial charge >= 0.3 is 0 Å². The molecule has 3 heteroatoms. The molecule has 0 bridgehead atoms. The summed E-state index contributed by atoms with van der Waals surface area (Å²) in [6.07, 6.45) is 7.80. The van der Waals surface area contributed by atoms with E-state index in [9.17, 15) is 0 Å². The number of allylic oxidation sites excluding steroid dienone is 1. The average molecular weight is 259 g/mol.